The molecule has 4 nitrogen and oxygen atoms in total. The molecule has 1 saturated heterocycles. The van der Waals surface area contributed by atoms with Gasteiger partial charge in [-0.15, -0.1) is 0 Å². The Hall–Kier alpha value is -1.59. The second-order valence-corrected chi connectivity index (χ2v) is 7.83. The van der Waals surface area contributed by atoms with Gasteiger partial charge in [0.15, 0.2) is 0 Å². The maximum atomic E-state index is 13.0. The summed E-state index contributed by atoms with van der Waals surface area (Å²) >= 11 is 0. The summed E-state index contributed by atoms with van der Waals surface area (Å²) in [5.74, 6) is 1.11. The molecule has 1 atom stereocenters. The van der Waals surface area contributed by atoms with Crippen molar-refractivity contribution in [3.05, 3.63) is 36.4 Å². The first-order chi connectivity index (χ1) is 10.5. The van der Waals surface area contributed by atoms with E-state index >= 15 is 0 Å². The molecule has 0 spiro atoms. The molecule has 0 N–H and O–H groups in total. The van der Waals surface area contributed by atoms with E-state index in [1.165, 1.54) is 0 Å². The van der Waals surface area contributed by atoms with E-state index in [0.717, 1.165) is 23.6 Å². The molecule has 2 aromatic carbocycles. The van der Waals surface area contributed by atoms with Crippen LogP contribution in [0, 0.1) is 5.92 Å². The van der Waals surface area contributed by atoms with E-state index in [4.69, 9.17) is 4.74 Å². The van der Waals surface area contributed by atoms with Gasteiger partial charge in [-0.05, 0) is 30.9 Å². The lowest BCUT2D eigenvalue weighted by atomic mass is 10.0. The monoisotopic (exact) mass is 319 g/mol. The largest absolute Gasteiger partial charge is 0.496 e. The summed E-state index contributed by atoms with van der Waals surface area (Å²) in [4.78, 5) is 0.373. The smallest absolute Gasteiger partial charge is 0.243 e. The maximum Gasteiger partial charge on any atom is 0.243 e. The van der Waals surface area contributed by atoms with Gasteiger partial charge in [0.25, 0.3) is 0 Å². The molecule has 0 radical (unpaired) electrons. The fraction of sp³-hybridized carbons (Fsp3) is 0.412. The van der Waals surface area contributed by atoms with E-state index in [-0.39, 0.29) is 0 Å². The zero-order chi connectivity index (χ0) is 15.7. The first-order valence-electron chi connectivity index (χ1n) is 7.60. The van der Waals surface area contributed by atoms with Gasteiger partial charge in [-0.1, -0.05) is 31.2 Å². The van der Waals surface area contributed by atoms with Crippen molar-refractivity contribution >= 4 is 20.8 Å². The Kier molecular flexibility index (Phi) is 4.10. The first-order valence-corrected chi connectivity index (χ1v) is 9.04. The molecular formula is C17H21NO3S. The lowest BCUT2D eigenvalue weighted by Crippen LogP contribution is -2.39. The number of hydrogen-bond donors (Lipinski definition) is 0. The Morgan fingerprint density at radius 3 is 2.55 bits per heavy atom. The molecule has 118 valence electrons. The summed E-state index contributed by atoms with van der Waals surface area (Å²) in [6, 6.07) is 10.9. The Labute approximate surface area is 131 Å². The van der Waals surface area contributed by atoms with E-state index < -0.39 is 10.0 Å². The maximum absolute atomic E-state index is 13.0. The third kappa shape index (κ3) is 2.59. The Morgan fingerprint density at radius 2 is 1.86 bits per heavy atom. The molecular weight excluding hydrogens is 298 g/mol. The third-order valence-electron chi connectivity index (χ3n) is 4.30. The molecule has 0 bridgehead atoms. The molecule has 0 unspecified atom stereocenters. The van der Waals surface area contributed by atoms with E-state index in [2.05, 4.69) is 6.92 Å². The Morgan fingerprint density at radius 1 is 1.14 bits per heavy atom. The minimum absolute atomic E-state index is 0.373. The Balaban J connectivity index is 2.13. The van der Waals surface area contributed by atoms with Crippen LogP contribution in [0.3, 0.4) is 0 Å². The van der Waals surface area contributed by atoms with Gasteiger partial charge in [-0.2, -0.15) is 4.31 Å². The van der Waals surface area contributed by atoms with Crippen molar-refractivity contribution in [2.45, 2.75) is 24.7 Å². The van der Waals surface area contributed by atoms with Crippen LogP contribution in [0.25, 0.3) is 10.8 Å². The summed E-state index contributed by atoms with van der Waals surface area (Å²) in [7, 11) is -1.87. The van der Waals surface area contributed by atoms with Crippen LogP contribution in [0.1, 0.15) is 19.8 Å². The van der Waals surface area contributed by atoms with Crippen molar-refractivity contribution < 1.29 is 13.2 Å². The highest BCUT2D eigenvalue weighted by Gasteiger charge is 2.30. The number of fused-ring (bicyclic) bond motifs is 1. The molecule has 2 aromatic rings. The topological polar surface area (TPSA) is 46.6 Å². The number of sulfonamides is 1. The number of nitrogens with zero attached hydrogens (tertiary/aromatic N) is 1. The molecule has 1 aliphatic rings. The van der Waals surface area contributed by atoms with Crippen LogP contribution >= 0.6 is 0 Å². The lowest BCUT2D eigenvalue weighted by Gasteiger charge is -2.30. The summed E-state index contributed by atoms with van der Waals surface area (Å²) < 4.78 is 33.0. The highest BCUT2D eigenvalue weighted by Crippen LogP contribution is 2.33. The van der Waals surface area contributed by atoms with Crippen molar-refractivity contribution in [2.24, 2.45) is 5.92 Å². The molecule has 1 heterocycles. The number of piperidine rings is 1. The highest BCUT2D eigenvalue weighted by atomic mass is 32.2. The van der Waals surface area contributed by atoms with Gasteiger partial charge in [0.1, 0.15) is 5.75 Å². The molecule has 0 aromatic heterocycles. The molecule has 1 fully saturated rings. The van der Waals surface area contributed by atoms with Crippen LogP contribution in [-0.4, -0.2) is 32.9 Å². The van der Waals surface area contributed by atoms with E-state index in [9.17, 15) is 8.42 Å². The van der Waals surface area contributed by atoms with Gasteiger partial charge in [-0.3, -0.25) is 0 Å². The van der Waals surface area contributed by atoms with Gasteiger partial charge in [0.2, 0.25) is 10.0 Å². The fourth-order valence-electron chi connectivity index (χ4n) is 3.15. The van der Waals surface area contributed by atoms with Crippen molar-refractivity contribution in [1.29, 1.82) is 0 Å². The molecule has 0 aliphatic carbocycles. The number of ether oxygens (including phenoxy) is 1. The van der Waals surface area contributed by atoms with Crippen molar-refractivity contribution in [2.75, 3.05) is 20.2 Å². The van der Waals surface area contributed by atoms with Crippen LogP contribution in [-0.2, 0) is 10.0 Å². The number of hydrogen-bond acceptors (Lipinski definition) is 3. The molecule has 5 heteroatoms. The minimum Gasteiger partial charge on any atom is -0.496 e. The summed E-state index contributed by atoms with van der Waals surface area (Å²) in [5.41, 5.74) is 0. The molecule has 0 saturated carbocycles. The van der Waals surface area contributed by atoms with Crippen LogP contribution in [0.5, 0.6) is 5.75 Å². The Bertz CT molecular complexity index is 786. The third-order valence-corrected chi connectivity index (χ3v) is 6.22. The predicted octanol–water partition coefficient (Wildman–Crippen LogP) is 3.27. The summed E-state index contributed by atoms with van der Waals surface area (Å²) in [5, 5.41) is 1.55. The normalized spacial score (nSPS) is 20.2. The van der Waals surface area contributed by atoms with Gasteiger partial charge in [-0.25, -0.2) is 8.42 Å². The second-order valence-electron chi connectivity index (χ2n) is 5.92. The lowest BCUT2D eigenvalue weighted by molar-refractivity contribution is 0.281. The van der Waals surface area contributed by atoms with E-state index in [1.807, 2.05) is 24.3 Å². The van der Waals surface area contributed by atoms with Gasteiger partial charge < -0.3 is 4.74 Å². The highest BCUT2D eigenvalue weighted by molar-refractivity contribution is 7.89. The summed E-state index contributed by atoms with van der Waals surface area (Å²) in [6.45, 7) is 3.31. The quantitative estimate of drug-likeness (QED) is 0.872. The zero-order valence-electron chi connectivity index (χ0n) is 13.0. The van der Waals surface area contributed by atoms with Crippen LogP contribution < -0.4 is 4.74 Å². The molecule has 22 heavy (non-hydrogen) atoms. The number of benzene rings is 2. The molecule has 0 amide bonds. The predicted molar refractivity (Wildman–Crippen MR) is 87.7 cm³/mol. The molecule has 3 rings (SSSR count). The average molecular weight is 319 g/mol. The van der Waals surface area contributed by atoms with Crippen molar-refractivity contribution in [1.82, 2.24) is 4.31 Å². The first kappa shape index (κ1) is 15.3. The van der Waals surface area contributed by atoms with Gasteiger partial charge >= 0.3 is 0 Å². The number of methoxy groups -OCH3 is 1. The van der Waals surface area contributed by atoms with Crippen molar-refractivity contribution in [3.63, 3.8) is 0 Å². The molecule has 1 aliphatic heterocycles. The standard InChI is InChI=1S/C17H21NO3S/c1-13-6-5-11-18(12-13)22(19,20)17-10-9-16(21-2)14-7-3-4-8-15(14)17/h3-4,7-10,13H,5-6,11-12H2,1-2H3/t13-/m1/s1. The summed E-state index contributed by atoms with van der Waals surface area (Å²) in [6.07, 6.45) is 2.02. The number of rotatable bonds is 3. The second kappa shape index (κ2) is 5.89. The van der Waals surface area contributed by atoms with Crippen LogP contribution in [0.2, 0.25) is 0 Å². The van der Waals surface area contributed by atoms with Crippen molar-refractivity contribution in [3.8, 4) is 5.75 Å². The van der Waals surface area contributed by atoms with E-state index in [0.29, 0.717) is 29.7 Å². The SMILES string of the molecule is COc1ccc(S(=O)(=O)N2CCC[C@@H](C)C2)c2ccccc12. The van der Waals surface area contributed by atoms with Gasteiger partial charge in [0, 0.05) is 23.9 Å². The zero-order valence-corrected chi connectivity index (χ0v) is 13.8. The van der Waals surface area contributed by atoms with Crippen LogP contribution in [0.15, 0.2) is 41.3 Å². The van der Waals surface area contributed by atoms with Crippen LogP contribution in [0.4, 0.5) is 0 Å². The van der Waals surface area contributed by atoms with Gasteiger partial charge in [0.05, 0.1) is 12.0 Å². The fourth-order valence-corrected chi connectivity index (χ4v) is 4.94. The average Bonchev–Trinajstić information content (AvgIpc) is 2.53. The minimum atomic E-state index is -3.47. The van der Waals surface area contributed by atoms with E-state index in [1.54, 1.807) is 23.5 Å².